The molecule has 0 bridgehead atoms. The summed E-state index contributed by atoms with van der Waals surface area (Å²) in [5.41, 5.74) is 4.33. The second kappa shape index (κ2) is 3.74. The van der Waals surface area contributed by atoms with E-state index < -0.39 is 11.4 Å². The van der Waals surface area contributed by atoms with Gasteiger partial charge >= 0.3 is 0 Å². The van der Waals surface area contributed by atoms with E-state index in [0.29, 0.717) is 0 Å². The van der Waals surface area contributed by atoms with Crippen LogP contribution in [0.2, 0.25) is 10.0 Å². The van der Waals surface area contributed by atoms with Crippen molar-refractivity contribution in [1.29, 1.82) is 5.26 Å². The van der Waals surface area contributed by atoms with Gasteiger partial charge in [-0.2, -0.15) is 5.26 Å². The average Bonchev–Trinajstić information content (AvgIpc) is 2.12. The van der Waals surface area contributed by atoms with Gasteiger partial charge in [-0.15, -0.1) is 0 Å². The van der Waals surface area contributed by atoms with Crippen LogP contribution in [0.15, 0.2) is 12.1 Å². The van der Waals surface area contributed by atoms with Crippen molar-refractivity contribution in [2.24, 2.45) is 5.73 Å². The number of nitrogens with zero attached hydrogens (tertiary/aromatic N) is 1. The van der Waals surface area contributed by atoms with Crippen molar-refractivity contribution < 1.29 is 4.39 Å². The fourth-order valence-corrected chi connectivity index (χ4v) is 1.82. The van der Waals surface area contributed by atoms with Crippen LogP contribution >= 0.6 is 23.2 Å². The smallest absolute Gasteiger partial charge is 0.142 e. The summed E-state index contributed by atoms with van der Waals surface area (Å²) in [5.74, 6) is -0.641. The van der Waals surface area contributed by atoms with E-state index in [2.05, 4.69) is 0 Å². The molecule has 1 aromatic carbocycles. The van der Waals surface area contributed by atoms with E-state index >= 15 is 0 Å². The minimum atomic E-state index is -1.39. The molecule has 2 N–H and O–H groups in total. The highest BCUT2D eigenvalue weighted by Crippen LogP contribution is 2.34. The molecular weight excluding hydrogens is 226 g/mol. The average molecular weight is 233 g/mol. The lowest BCUT2D eigenvalue weighted by Crippen LogP contribution is -2.31. The first kappa shape index (κ1) is 11.3. The molecule has 0 radical (unpaired) electrons. The third-order valence-electron chi connectivity index (χ3n) is 1.80. The maximum Gasteiger partial charge on any atom is 0.142 e. The van der Waals surface area contributed by atoms with Gasteiger partial charge in [0.05, 0.1) is 11.1 Å². The Labute approximate surface area is 91.0 Å². The number of benzene rings is 1. The van der Waals surface area contributed by atoms with Gasteiger partial charge in [0, 0.05) is 10.6 Å². The Kier molecular flexibility index (Phi) is 3.01. The maximum absolute atomic E-state index is 13.1. The van der Waals surface area contributed by atoms with Gasteiger partial charge in [0.25, 0.3) is 0 Å². The zero-order valence-corrected chi connectivity index (χ0v) is 8.83. The first-order valence-corrected chi connectivity index (χ1v) is 4.50. The molecule has 0 aliphatic rings. The molecule has 74 valence electrons. The van der Waals surface area contributed by atoms with Gasteiger partial charge in [-0.25, -0.2) is 4.39 Å². The number of hydrogen-bond donors (Lipinski definition) is 1. The predicted molar refractivity (Wildman–Crippen MR) is 53.6 cm³/mol. The zero-order chi connectivity index (χ0) is 10.9. The Hall–Kier alpha value is -0.820. The summed E-state index contributed by atoms with van der Waals surface area (Å²) < 4.78 is 13.1. The molecule has 0 fully saturated rings. The van der Waals surface area contributed by atoms with Crippen LogP contribution in [0.1, 0.15) is 12.5 Å². The molecule has 0 heterocycles. The van der Waals surface area contributed by atoms with Gasteiger partial charge in [-0.1, -0.05) is 23.2 Å². The van der Waals surface area contributed by atoms with Crippen molar-refractivity contribution in [3.8, 4) is 6.07 Å². The summed E-state index contributed by atoms with van der Waals surface area (Å²) in [6.45, 7) is 1.42. The summed E-state index contributed by atoms with van der Waals surface area (Å²) in [7, 11) is 0. The quantitative estimate of drug-likeness (QED) is 0.758. The maximum atomic E-state index is 13.1. The Morgan fingerprint density at radius 1 is 1.50 bits per heavy atom. The highest BCUT2D eigenvalue weighted by Gasteiger charge is 2.28. The van der Waals surface area contributed by atoms with E-state index in [1.54, 1.807) is 0 Å². The largest absolute Gasteiger partial charge is 0.310 e. The van der Waals surface area contributed by atoms with E-state index in [-0.39, 0.29) is 15.6 Å². The van der Waals surface area contributed by atoms with Crippen molar-refractivity contribution in [2.45, 2.75) is 12.5 Å². The highest BCUT2D eigenvalue weighted by molar-refractivity contribution is 6.36. The van der Waals surface area contributed by atoms with Crippen LogP contribution in [0.25, 0.3) is 0 Å². The monoisotopic (exact) mass is 232 g/mol. The molecule has 0 unspecified atom stereocenters. The fourth-order valence-electron chi connectivity index (χ4n) is 1.06. The van der Waals surface area contributed by atoms with Crippen molar-refractivity contribution >= 4 is 23.2 Å². The van der Waals surface area contributed by atoms with E-state index in [0.717, 1.165) is 6.07 Å². The summed E-state index contributed by atoms with van der Waals surface area (Å²) in [6.07, 6.45) is 0. The van der Waals surface area contributed by atoms with E-state index in [1.807, 2.05) is 6.07 Å². The molecule has 0 aliphatic carbocycles. The van der Waals surface area contributed by atoms with Crippen LogP contribution in [0.4, 0.5) is 4.39 Å². The second-order valence-corrected chi connectivity index (χ2v) is 3.82. The SMILES string of the molecule is C[C@@](N)(C#N)c1c(Cl)ccc(F)c1Cl. The zero-order valence-electron chi connectivity index (χ0n) is 7.31. The highest BCUT2D eigenvalue weighted by atomic mass is 35.5. The van der Waals surface area contributed by atoms with Crippen LogP contribution in [0, 0.1) is 17.1 Å². The molecule has 1 rings (SSSR count). The fraction of sp³-hybridized carbons (Fsp3) is 0.222. The molecule has 14 heavy (non-hydrogen) atoms. The molecule has 2 nitrogen and oxygen atoms in total. The molecule has 0 saturated heterocycles. The van der Waals surface area contributed by atoms with Crippen LogP contribution in [0.5, 0.6) is 0 Å². The summed E-state index contributed by atoms with van der Waals surface area (Å²) >= 11 is 11.5. The third-order valence-corrected chi connectivity index (χ3v) is 2.48. The van der Waals surface area contributed by atoms with Gasteiger partial charge < -0.3 is 5.73 Å². The van der Waals surface area contributed by atoms with Gasteiger partial charge in [0.2, 0.25) is 0 Å². The minimum absolute atomic E-state index is 0.114. The molecule has 0 aliphatic heterocycles. The molecule has 0 aromatic heterocycles. The standard InChI is InChI=1S/C9H7Cl2FN2/c1-9(14,4-13)7-5(10)2-3-6(12)8(7)11/h2-3H,14H2,1H3/t9-/m1/s1. The predicted octanol–water partition coefficient (Wildman–Crippen LogP) is 2.83. The van der Waals surface area contributed by atoms with Gasteiger partial charge in [-0.05, 0) is 19.1 Å². The summed E-state index contributed by atoms with van der Waals surface area (Å²) in [5, 5.41) is 8.75. The van der Waals surface area contributed by atoms with Crippen LogP contribution in [-0.2, 0) is 5.54 Å². The lowest BCUT2D eigenvalue weighted by atomic mass is 9.95. The lowest BCUT2D eigenvalue weighted by molar-refractivity contribution is 0.604. The normalized spacial score (nSPS) is 14.6. The number of hydrogen-bond acceptors (Lipinski definition) is 2. The minimum Gasteiger partial charge on any atom is -0.310 e. The topological polar surface area (TPSA) is 49.8 Å². The molecule has 0 spiro atoms. The molecule has 0 amide bonds. The first-order valence-electron chi connectivity index (χ1n) is 3.74. The third kappa shape index (κ3) is 1.83. The van der Waals surface area contributed by atoms with Gasteiger partial charge in [0.1, 0.15) is 11.4 Å². The summed E-state index contributed by atoms with van der Waals surface area (Å²) in [4.78, 5) is 0. The molecule has 0 saturated carbocycles. The van der Waals surface area contributed by atoms with Crippen molar-refractivity contribution in [3.05, 3.63) is 33.6 Å². The van der Waals surface area contributed by atoms with Crippen LogP contribution in [-0.4, -0.2) is 0 Å². The number of halogens is 3. The molecule has 5 heteroatoms. The van der Waals surface area contributed by atoms with Crippen molar-refractivity contribution in [1.82, 2.24) is 0 Å². The van der Waals surface area contributed by atoms with E-state index in [4.69, 9.17) is 34.2 Å². The molecular formula is C9H7Cl2FN2. The first-order chi connectivity index (χ1) is 6.40. The van der Waals surface area contributed by atoms with Crippen LogP contribution in [0.3, 0.4) is 0 Å². The molecule has 1 atom stereocenters. The van der Waals surface area contributed by atoms with Gasteiger partial charge in [-0.3, -0.25) is 0 Å². The van der Waals surface area contributed by atoms with Crippen molar-refractivity contribution in [3.63, 3.8) is 0 Å². The number of rotatable bonds is 1. The van der Waals surface area contributed by atoms with E-state index in [1.165, 1.54) is 13.0 Å². The Balaban J connectivity index is 3.49. The Morgan fingerprint density at radius 3 is 2.57 bits per heavy atom. The Bertz CT molecular complexity index is 410. The number of nitrogens with two attached hydrogens (primary N) is 1. The van der Waals surface area contributed by atoms with Crippen LogP contribution < -0.4 is 5.73 Å². The van der Waals surface area contributed by atoms with Gasteiger partial charge in [0.15, 0.2) is 0 Å². The van der Waals surface area contributed by atoms with Crippen molar-refractivity contribution in [2.75, 3.05) is 0 Å². The lowest BCUT2D eigenvalue weighted by Gasteiger charge is -2.19. The van der Waals surface area contributed by atoms with E-state index in [9.17, 15) is 4.39 Å². The summed E-state index contributed by atoms with van der Waals surface area (Å²) in [6, 6.07) is 4.26. The Morgan fingerprint density at radius 2 is 2.07 bits per heavy atom. The molecule has 1 aromatic rings. The second-order valence-electron chi connectivity index (χ2n) is 3.03. The number of nitriles is 1.